The summed E-state index contributed by atoms with van der Waals surface area (Å²) in [6.07, 6.45) is -2.54. The fraction of sp³-hybridized carbons (Fsp3) is 0.0769. The van der Waals surface area contributed by atoms with E-state index in [9.17, 15) is 23.6 Å². The molecule has 3 aromatic carbocycles. The summed E-state index contributed by atoms with van der Waals surface area (Å²) in [6, 6.07) is 19.3. The Morgan fingerprint density at radius 1 is 0.895 bits per heavy atom. The molecule has 0 saturated heterocycles. The van der Waals surface area contributed by atoms with Gasteiger partial charge in [0.2, 0.25) is 0 Å². The number of nitrogens with one attached hydrogen (secondary N) is 3. The number of para-hydroxylation sites is 2. The lowest BCUT2D eigenvalue weighted by Gasteiger charge is -2.09. The minimum Gasteiger partial charge on any atom is -0.481 e. The SMILES string of the molecule is Nc1ccccc1NC(=O)c1ccc(NC(=O)c2cc3cc(F)ccc3[nH]2)cc1.O=C(O)CC(O)C(=O)O. The van der Waals surface area contributed by atoms with Gasteiger partial charge in [0.25, 0.3) is 11.8 Å². The Balaban J connectivity index is 0.000000383. The zero-order chi connectivity index (χ0) is 27.8. The predicted molar refractivity (Wildman–Crippen MR) is 137 cm³/mol. The van der Waals surface area contributed by atoms with Gasteiger partial charge in [-0.3, -0.25) is 14.4 Å². The largest absolute Gasteiger partial charge is 0.481 e. The average molecular weight is 522 g/mol. The van der Waals surface area contributed by atoms with Gasteiger partial charge in [-0.1, -0.05) is 12.1 Å². The number of fused-ring (bicyclic) bond motifs is 1. The third kappa shape index (κ3) is 7.38. The Hall–Kier alpha value is -5.23. The second kappa shape index (κ2) is 12.1. The lowest BCUT2D eigenvalue weighted by molar-refractivity contribution is -0.152. The van der Waals surface area contributed by atoms with Crippen molar-refractivity contribution < 1.29 is 38.9 Å². The molecule has 1 unspecified atom stereocenters. The van der Waals surface area contributed by atoms with Crippen LogP contribution < -0.4 is 16.4 Å². The monoisotopic (exact) mass is 522 g/mol. The number of aliphatic hydroxyl groups excluding tert-OH is 1. The van der Waals surface area contributed by atoms with Crippen molar-refractivity contribution in [2.24, 2.45) is 0 Å². The highest BCUT2D eigenvalue weighted by molar-refractivity contribution is 6.07. The fourth-order valence-electron chi connectivity index (χ4n) is 3.19. The molecule has 8 N–H and O–H groups in total. The quantitative estimate of drug-likeness (QED) is 0.180. The highest BCUT2D eigenvalue weighted by atomic mass is 19.1. The minimum absolute atomic E-state index is 0.307. The van der Waals surface area contributed by atoms with Crippen LogP contribution in [0.25, 0.3) is 10.9 Å². The number of anilines is 3. The molecule has 1 heterocycles. The maximum absolute atomic E-state index is 13.3. The molecule has 38 heavy (non-hydrogen) atoms. The first-order valence-corrected chi connectivity index (χ1v) is 11.0. The number of hydrogen-bond acceptors (Lipinski definition) is 6. The number of nitrogen functional groups attached to an aromatic ring is 1. The molecule has 4 aromatic rings. The van der Waals surface area contributed by atoms with Crippen LogP contribution >= 0.6 is 0 Å². The summed E-state index contributed by atoms with van der Waals surface area (Å²) in [5.41, 5.74) is 8.77. The Morgan fingerprint density at radius 3 is 2.18 bits per heavy atom. The van der Waals surface area contributed by atoms with Crippen molar-refractivity contribution in [2.75, 3.05) is 16.4 Å². The molecule has 12 heteroatoms. The number of amides is 2. The minimum atomic E-state index is -1.79. The second-order valence-corrected chi connectivity index (χ2v) is 7.94. The number of aliphatic hydroxyl groups is 1. The number of carbonyl (C=O) groups excluding carboxylic acids is 2. The second-order valence-electron chi connectivity index (χ2n) is 7.94. The number of carboxylic acids is 2. The van der Waals surface area contributed by atoms with E-state index in [2.05, 4.69) is 15.6 Å². The van der Waals surface area contributed by atoms with Crippen molar-refractivity contribution in [3.63, 3.8) is 0 Å². The van der Waals surface area contributed by atoms with Crippen molar-refractivity contribution in [3.05, 3.63) is 89.9 Å². The Labute approximate surface area is 214 Å². The zero-order valence-electron chi connectivity index (χ0n) is 19.6. The molecule has 0 radical (unpaired) electrons. The van der Waals surface area contributed by atoms with Crippen molar-refractivity contribution in [3.8, 4) is 0 Å². The molecule has 1 aromatic heterocycles. The van der Waals surface area contributed by atoms with E-state index in [-0.39, 0.29) is 17.6 Å². The van der Waals surface area contributed by atoms with Crippen LogP contribution in [0.5, 0.6) is 0 Å². The van der Waals surface area contributed by atoms with Gasteiger partial charge in [-0.05, 0) is 60.7 Å². The number of hydrogen-bond donors (Lipinski definition) is 7. The van der Waals surface area contributed by atoms with Crippen LogP contribution in [0.3, 0.4) is 0 Å². The summed E-state index contributed by atoms with van der Waals surface area (Å²) < 4.78 is 13.3. The van der Waals surface area contributed by atoms with E-state index >= 15 is 0 Å². The van der Waals surface area contributed by atoms with Crippen molar-refractivity contribution in [2.45, 2.75) is 12.5 Å². The fourth-order valence-corrected chi connectivity index (χ4v) is 3.19. The predicted octanol–water partition coefficient (Wildman–Crippen LogP) is 3.30. The van der Waals surface area contributed by atoms with Crippen LogP contribution in [-0.4, -0.2) is 50.2 Å². The summed E-state index contributed by atoms with van der Waals surface area (Å²) in [5.74, 6) is -3.88. The highest BCUT2D eigenvalue weighted by Gasteiger charge is 2.16. The molecule has 4 rings (SSSR count). The number of rotatable bonds is 7. The lowest BCUT2D eigenvalue weighted by atomic mass is 10.1. The molecule has 0 saturated carbocycles. The summed E-state index contributed by atoms with van der Waals surface area (Å²) in [4.78, 5) is 47.2. The van der Waals surface area contributed by atoms with E-state index in [1.807, 2.05) is 0 Å². The van der Waals surface area contributed by atoms with Gasteiger partial charge in [-0.25, -0.2) is 9.18 Å². The van der Waals surface area contributed by atoms with Crippen molar-refractivity contribution in [1.82, 2.24) is 4.98 Å². The Morgan fingerprint density at radius 2 is 1.58 bits per heavy atom. The van der Waals surface area contributed by atoms with Crippen molar-refractivity contribution >= 4 is 51.7 Å². The molecule has 0 fully saturated rings. The number of carbonyl (C=O) groups is 4. The van der Waals surface area contributed by atoms with E-state index in [1.54, 1.807) is 60.7 Å². The van der Waals surface area contributed by atoms with Crippen LogP contribution in [0.1, 0.15) is 27.3 Å². The number of benzene rings is 3. The van der Waals surface area contributed by atoms with Crippen molar-refractivity contribution in [1.29, 1.82) is 0 Å². The van der Waals surface area contributed by atoms with E-state index in [0.717, 1.165) is 0 Å². The van der Waals surface area contributed by atoms with Gasteiger partial charge in [0.05, 0.1) is 17.8 Å². The van der Waals surface area contributed by atoms with Crippen LogP contribution in [0.4, 0.5) is 21.5 Å². The third-order valence-corrected chi connectivity index (χ3v) is 5.09. The van der Waals surface area contributed by atoms with Crippen LogP contribution in [0, 0.1) is 5.82 Å². The Bertz CT molecular complexity index is 1480. The summed E-state index contributed by atoms with van der Waals surface area (Å²) >= 11 is 0. The number of nitrogens with two attached hydrogens (primary N) is 1. The summed E-state index contributed by atoms with van der Waals surface area (Å²) in [6.45, 7) is 0. The number of H-pyrrole nitrogens is 1. The normalized spacial score (nSPS) is 11.1. The van der Waals surface area contributed by atoms with Gasteiger partial charge in [0.15, 0.2) is 6.10 Å². The summed E-state index contributed by atoms with van der Waals surface area (Å²) in [7, 11) is 0. The van der Waals surface area contributed by atoms with Gasteiger partial charge in [-0.2, -0.15) is 0 Å². The maximum Gasteiger partial charge on any atom is 0.333 e. The molecule has 0 aliphatic carbocycles. The molecule has 1 atom stereocenters. The first-order chi connectivity index (χ1) is 18.0. The first-order valence-electron chi connectivity index (χ1n) is 11.0. The molecular weight excluding hydrogens is 499 g/mol. The van der Waals surface area contributed by atoms with Gasteiger partial charge in [0.1, 0.15) is 11.5 Å². The first kappa shape index (κ1) is 27.4. The third-order valence-electron chi connectivity index (χ3n) is 5.09. The van der Waals surface area contributed by atoms with E-state index in [0.29, 0.717) is 39.2 Å². The standard InChI is InChI=1S/C22H17FN4O2.C4H6O5/c23-15-7-10-18-14(11-15)12-20(26-18)22(29)25-16-8-5-13(6-9-16)21(28)27-19-4-2-1-3-17(19)24;5-2(4(8)9)1-3(6)7/h1-12,26H,24H2,(H,25,29)(H,27,28);2,5H,1H2,(H,6,7)(H,8,9). The van der Waals surface area contributed by atoms with E-state index in [4.69, 9.17) is 21.1 Å². The molecule has 0 aliphatic rings. The van der Waals surface area contributed by atoms with Gasteiger partial charge < -0.3 is 36.7 Å². The molecular formula is C26H23FN4O7. The molecule has 2 amide bonds. The van der Waals surface area contributed by atoms with Crippen LogP contribution in [0.15, 0.2) is 72.8 Å². The van der Waals surface area contributed by atoms with Gasteiger partial charge in [0, 0.05) is 22.2 Å². The van der Waals surface area contributed by atoms with Crippen LogP contribution in [-0.2, 0) is 9.59 Å². The maximum atomic E-state index is 13.3. The van der Waals surface area contributed by atoms with E-state index in [1.165, 1.54) is 12.1 Å². The lowest BCUT2D eigenvalue weighted by Crippen LogP contribution is -2.22. The molecule has 196 valence electrons. The van der Waals surface area contributed by atoms with E-state index < -0.39 is 24.5 Å². The molecule has 0 bridgehead atoms. The highest BCUT2D eigenvalue weighted by Crippen LogP contribution is 2.20. The zero-order valence-corrected chi connectivity index (χ0v) is 19.6. The number of halogens is 1. The number of aromatic amines is 1. The molecule has 0 spiro atoms. The van der Waals surface area contributed by atoms with Crippen LogP contribution in [0.2, 0.25) is 0 Å². The average Bonchev–Trinajstić information content (AvgIpc) is 3.29. The number of aliphatic carboxylic acids is 2. The number of aromatic nitrogens is 1. The topological polar surface area (TPSA) is 195 Å². The van der Waals surface area contributed by atoms with Gasteiger partial charge >= 0.3 is 11.9 Å². The van der Waals surface area contributed by atoms with Gasteiger partial charge in [-0.15, -0.1) is 0 Å². The molecule has 0 aliphatic heterocycles. The smallest absolute Gasteiger partial charge is 0.333 e. The molecule has 11 nitrogen and oxygen atoms in total. The number of carboxylic acid groups (broad SMARTS) is 2. The summed E-state index contributed by atoms with van der Waals surface area (Å²) in [5, 5.41) is 30.2. The Kier molecular flexibility index (Phi) is 8.74.